The van der Waals surface area contributed by atoms with Crippen LogP contribution in [0.15, 0.2) is 35.2 Å². The van der Waals surface area contributed by atoms with Crippen molar-refractivity contribution in [3.63, 3.8) is 0 Å². The molecule has 2 aromatic rings. The fraction of sp³-hybridized carbons (Fsp3) is 0. The number of hydrogen-bond donors (Lipinski definition) is 2. The number of carbonyl (C=O) groups is 1. The van der Waals surface area contributed by atoms with Gasteiger partial charge in [-0.05, 0) is 12.1 Å². The van der Waals surface area contributed by atoms with Crippen molar-refractivity contribution in [2.45, 2.75) is 0 Å². The van der Waals surface area contributed by atoms with Gasteiger partial charge in [-0.3, -0.25) is 4.79 Å². The van der Waals surface area contributed by atoms with Gasteiger partial charge in [-0.1, -0.05) is 5.16 Å². The second-order valence-electron chi connectivity index (χ2n) is 2.81. The van der Waals surface area contributed by atoms with Gasteiger partial charge in [0.15, 0.2) is 5.69 Å². The maximum Gasteiger partial charge on any atom is 0.277 e. The predicted octanol–water partition coefficient (Wildman–Crippen LogP) is 0.904. The summed E-state index contributed by atoms with van der Waals surface area (Å²) < 4.78 is 4.55. The highest BCUT2D eigenvalue weighted by atomic mass is 16.5. The average molecular weight is 204 g/mol. The number of carbonyl (C=O) groups excluding carboxylic acids is 1. The van der Waals surface area contributed by atoms with Gasteiger partial charge in [-0.15, -0.1) is 0 Å². The molecule has 0 saturated carbocycles. The van der Waals surface area contributed by atoms with Gasteiger partial charge in [0, 0.05) is 6.07 Å². The molecule has 0 unspecified atom stereocenters. The van der Waals surface area contributed by atoms with E-state index in [1.807, 2.05) is 0 Å². The Morgan fingerprint density at radius 2 is 2.27 bits per heavy atom. The molecule has 0 aromatic carbocycles. The zero-order valence-corrected chi connectivity index (χ0v) is 7.68. The molecule has 0 bridgehead atoms. The average Bonchev–Trinajstić information content (AvgIpc) is 2.74. The molecule has 0 saturated heterocycles. The van der Waals surface area contributed by atoms with Crippen molar-refractivity contribution in [1.29, 1.82) is 0 Å². The van der Waals surface area contributed by atoms with E-state index in [9.17, 15) is 4.79 Å². The normalized spacial score (nSPS) is 9.87. The van der Waals surface area contributed by atoms with E-state index in [4.69, 9.17) is 5.73 Å². The first-order valence-electron chi connectivity index (χ1n) is 4.19. The quantitative estimate of drug-likeness (QED) is 0.758. The Balaban J connectivity index is 2.09. The molecule has 0 aliphatic rings. The van der Waals surface area contributed by atoms with E-state index < -0.39 is 0 Å². The highest BCUT2D eigenvalue weighted by Crippen LogP contribution is 2.08. The lowest BCUT2D eigenvalue weighted by Crippen LogP contribution is -2.12. The molecule has 2 heterocycles. The number of pyridine rings is 1. The molecule has 0 fully saturated rings. The summed E-state index contributed by atoms with van der Waals surface area (Å²) in [5, 5.41) is 6.09. The van der Waals surface area contributed by atoms with Gasteiger partial charge >= 0.3 is 0 Å². The van der Waals surface area contributed by atoms with Crippen molar-refractivity contribution in [1.82, 2.24) is 10.1 Å². The van der Waals surface area contributed by atoms with Gasteiger partial charge in [0.25, 0.3) is 5.91 Å². The SMILES string of the molecule is Nc1ccc(NC(=O)c2ccon2)cn1. The number of hydrogen-bond acceptors (Lipinski definition) is 5. The maximum atomic E-state index is 11.5. The molecule has 6 heteroatoms. The van der Waals surface area contributed by atoms with Gasteiger partial charge in [-0.2, -0.15) is 0 Å². The molecule has 0 aliphatic carbocycles. The Bertz CT molecular complexity index is 449. The summed E-state index contributed by atoms with van der Waals surface area (Å²) in [5.41, 5.74) is 6.17. The summed E-state index contributed by atoms with van der Waals surface area (Å²) in [6, 6.07) is 4.72. The number of nitrogen functional groups attached to an aromatic ring is 1. The third-order valence-electron chi connectivity index (χ3n) is 1.71. The molecule has 2 rings (SSSR count). The lowest BCUT2D eigenvalue weighted by molar-refractivity contribution is 0.101. The van der Waals surface area contributed by atoms with Crippen molar-refractivity contribution in [2.24, 2.45) is 0 Å². The first-order chi connectivity index (χ1) is 7.25. The van der Waals surface area contributed by atoms with E-state index in [1.54, 1.807) is 12.1 Å². The summed E-state index contributed by atoms with van der Waals surface area (Å²) >= 11 is 0. The van der Waals surface area contributed by atoms with Crippen molar-refractivity contribution in [2.75, 3.05) is 11.1 Å². The number of nitrogens with two attached hydrogens (primary N) is 1. The first kappa shape index (κ1) is 9.20. The van der Waals surface area contributed by atoms with E-state index in [0.717, 1.165) is 0 Å². The van der Waals surface area contributed by atoms with Gasteiger partial charge in [0.05, 0.1) is 11.9 Å². The lowest BCUT2D eigenvalue weighted by atomic mass is 10.3. The monoisotopic (exact) mass is 204 g/mol. The first-order valence-corrected chi connectivity index (χ1v) is 4.19. The summed E-state index contributed by atoms with van der Waals surface area (Å²) in [7, 11) is 0. The zero-order valence-electron chi connectivity index (χ0n) is 7.68. The zero-order chi connectivity index (χ0) is 10.7. The highest BCUT2D eigenvalue weighted by Gasteiger charge is 2.08. The number of nitrogens with zero attached hydrogens (tertiary/aromatic N) is 2. The van der Waals surface area contributed by atoms with Crippen LogP contribution in [-0.2, 0) is 0 Å². The summed E-state index contributed by atoms with van der Waals surface area (Å²) in [6.45, 7) is 0. The second-order valence-corrected chi connectivity index (χ2v) is 2.81. The van der Waals surface area contributed by atoms with E-state index in [0.29, 0.717) is 11.5 Å². The van der Waals surface area contributed by atoms with E-state index in [1.165, 1.54) is 18.5 Å². The highest BCUT2D eigenvalue weighted by molar-refractivity contribution is 6.02. The van der Waals surface area contributed by atoms with Gasteiger partial charge in [0.2, 0.25) is 0 Å². The number of amides is 1. The molecule has 3 N–H and O–H groups in total. The number of nitrogens with one attached hydrogen (secondary N) is 1. The Hall–Kier alpha value is -2.37. The molecule has 1 amide bonds. The van der Waals surface area contributed by atoms with Crippen LogP contribution in [-0.4, -0.2) is 16.0 Å². The summed E-state index contributed by atoms with van der Waals surface area (Å²) in [5.74, 6) is 0.0461. The fourth-order valence-corrected chi connectivity index (χ4v) is 1.00. The fourth-order valence-electron chi connectivity index (χ4n) is 1.00. The van der Waals surface area contributed by atoms with E-state index in [2.05, 4.69) is 20.0 Å². The van der Waals surface area contributed by atoms with Crippen LogP contribution in [0.2, 0.25) is 0 Å². The lowest BCUT2D eigenvalue weighted by Gasteiger charge is -2.01. The van der Waals surface area contributed by atoms with Gasteiger partial charge < -0.3 is 15.6 Å². The number of aromatic nitrogens is 2. The Labute approximate surface area is 85.1 Å². The van der Waals surface area contributed by atoms with Crippen LogP contribution in [0.4, 0.5) is 11.5 Å². The third-order valence-corrected chi connectivity index (χ3v) is 1.71. The minimum atomic E-state index is -0.352. The Kier molecular flexibility index (Phi) is 2.32. The van der Waals surface area contributed by atoms with Crippen LogP contribution in [0.5, 0.6) is 0 Å². The molecular formula is C9H8N4O2. The summed E-state index contributed by atoms with van der Waals surface area (Å²) in [4.78, 5) is 15.3. The number of rotatable bonds is 2. The minimum Gasteiger partial charge on any atom is -0.384 e. The largest absolute Gasteiger partial charge is 0.384 e. The van der Waals surface area contributed by atoms with Crippen molar-refractivity contribution in [3.05, 3.63) is 36.4 Å². The standard InChI is InChI=1S/C9H8N4O2/c10-8-2-1-6(5-11-8)12-9(14)7-3-4-15-13-7/h1-5H,(H2,10,11)(H,12,14). The number of anilines is 2. The molecule has 0 spiro atoms. The molecule has 15 heavy (non-hydrogen) atoms. The van der Waals surface area contributed by atoms with Gasteiger partial charge in [-0.25, -0.2) is 4.98 Å². The van der Waals surface area contributed by atoms with Crippen molar-refractivity contribution in [3.8, 4) is 0 Å². The molecule has 76 valence electrons. The summed E-state index contributed by atoms with van der Waals surface area (Å²) in [6.07, 6.45) is 2.80. The second kappa shape index (κ2) is 3.79. The minimum absolute atomic E-state index is 0.215. The van der Waals surface area contributed by atoms with Crippen LogP contribution in [0.25, 0.3) is 0 Å². The Morgan fingerprint density at radius 3 is 2.87 bits per heavy atom. The van der Waals surface area contributed by atoms with E-state index >= 15 is 0 Å². The van der Waals surface area contributed by atoms with Crippen LogP contribution in [0.1, 0.15) is 10.5 Å². The predicted molar refractivity (Wildman–Crippen MR) is 53.1 cm³/mol. The maximum absolute atomic E-state index is 11.5. The van der Waals surface area contributed by atoms with Crippen LogP contribution >= 0.6 is 0 Å². The molecule has 0 atom stereocenters. The van der Waals surface area contributed by atoms with Crippen LogP contribution < -0.4 is 11.1 Å². The molecule has 0 radical (unpaired) electrons. The smallest absolute Gasteiger partial charge is 0.277 e. The topological polar surface area (TPSA) is 94.0 Å². The molecule has 2 aromatic heterocycles. The molecule has 0 aliphatic heterocycles. The van der Waals surface area contributed by atoms with E-state index in [-0.39, 0.29) is 11.6 Å². The van der Waals surface area contributed by atoms with Crippen LogP contribution in [0.3, 0.4) is 0 Å². The van der Waals surface area contributed by atoms with Crippen molar-refractivity contribution < 1.29 is 9.32 Å². The van der Waals surface area contributed by atoms with Crippen LogP contribution in [0, 0.1) is 0 Å². The Morgan fingerprint density at radius 1 is 1.40 bits per heavy atom. The van der Waals surface area contributed by atoms with Gasteiger partial charge in [0.1, 0.15) is 12.1 Å². The third kappa shape index (κ3) is 2.11. The molecule has 6 nitrogen and oxygen atoms in total. The molecular weight excluding hydrogens is 196 g/mol. The van der Waals surface area contributed by atoms with Crippen molar-refractivity contribution >= 4 is 17.4 Å².